The molecule has 0 spiro atoms. The van der Waals surface area contributed by atoms with Crippen molar-refractivity contribution in [1.29, 1.82) is 5.26 Å². The van der Waals surface area contributed by atoms with Crippen LogP contribution in [0.2, 0.25) is 0 Å². The lowest BCUT2D eigenvalue weighted by Gasteiger charge is -2.16. The van der Waals surface area contributed by atoms with Crippen LogP contribution in [0, 0.1) is 11.3 Å². The number of aromatic nitrogens is 2. The molecule has 1 aromatic carbocycles. The smallest absolute Gasteiger partial charge is 0.337 e. The van der Waals surface area contributed by atoms with Gasteiger partial charge in [0.25, 0.3) is 0 Å². The Morgan fingerprint density at radius 2 is 2.14 bits per heavy atom. The zero-order valence-electron chi connectivity index (χ0n) is 16.8. The topological polar surface area (TPSA) is 77.1 Å². The third kappa shape index (κ3) is 4.36. The van der Waals surface area contributed by atoms with Gasteiger partial charge >= 0.3 is 5.97 Å². The van der Waals surface area contributed by atoms with Crippen LogP contribution in [0.5, 0.6) is 0 Å². The van der Waals surface area contributed by atoms with Gasteiger partial charge in [-0.2, -0.15) is 5.26 Å². The molecule has 1 atom stereocenters. The van der Waals surface area contributed by atoms with Crippen LogP contribution in [0.1, 0.15) is 35.8 Å². The Hall–Kier alpha value is -3.43. The molecule has 6 nitrogen and oxygen atoms in total. The third-order valence-electron chi connectivity index (χ3n) is 4.61. The number of nitriles is 1. The van der Waals surface area contributed by atoms with Crippen molar-refractivity contribution in [3.8, 4) is 17.3 Å². The number of benzene rings is 1. The van der Waals surface area contributed by atoms with Crippen molar-refractivity contribution in [2.45, 2.75) is 19.9 Å². The first kappa shape index (κ1) is 20.3. The van der Waals surface area contributed by atoms with Crippen LogP contribution in [0.25, 0.3) is 22.2 Å². The van der Waals surface area contributed by atoms with E-state index in [-0.39, 0.29) is 6.04 Å². The van der Waals surface area contributed by atoms with Gasteiger partial charge in [0.15, 0.2) is 0 Å². The summed E-state index contributed by atoms with van der Waals surface area (Å²) in [6, 6.07) is 11.4. The molecule has 0 aliphatic heterocycles. The Labute approximate surface area is 170 Å². The van der Waals surface area contributed by atoms with E-state index in [1.807, 2.05) is 42.8 Å². The van der Waals surface area contributed by atoms with Crippen molar-refractivity contribution in [3.05, 3.63) is 66.0 Å². The van der Waals surface area contributed by atoms with Gasteiger partial charge in [-0.1, -0.05) is 18.2 Å². The van der Waals surface area contributed by atoms with Gasteiger partial charge in [-0.3, -0.25) is 4.98 Å². The summed E-state index contributed by atoms with van der Waals surface area (Å²) in [7, 11) is 1.34. The first-order chi connectivity index (χ1) is 13.9. The number of rotatable bonds is 7. The SMILES string of the molecule is C=C(C)COCC(C)n1cc(C#N)c2cc(-c3cc(C(=O)OC)ccn3)ccc21. The zero-order chi connectivity index (χ0) is 21.0. The molecule has 0 amide bonds. The highest BCUT2D eigenvalue weighted by molar-refractivity contribution is 5.92. The molecule has 2 heterocycles. The summed E-state index contributed by atoms with van der Waals surface area (Å²) in [6.45, 7) is 8.85. The Morgan fingerprint density at radius 1 is 1.34 bits per heavy atom. The lowest BCUT2D eigenvalue weighted by molar-refractivity contribution is 0.0600. The van der Waals surface area contributed by atoms with E-state index in [0.29, 0.717) is 30.0 Å². The zero-order valence-corrected chi connectivity index (χ0v) is 16.8. The molecule has 2 aromatic heterocycles. The van der Waals surface area contributed by atoms with Gasteiger partial charge in [-0.05, 0) is 38.1 Å². The highest BCUT2D eigenvalue weighted by Gasteiger charge is 2.15. The molecule has 148 valence electrons. The maximum Gasteiger partial charge on any atom is 0.337 e. The normalized spacial score (nSPS) is 11.8. The summed E-state index contributed by atoms with van der Waals surface area (Å²) in [6.07, 6.45) is 3.42. The highest BCUT2D eigenvalue weighted by atomic mass is 16.5. The van der Waals surface area contributed by atoms with Gasteiger partial charge < -0.3 is 14.0 Å². The molecule has 3 aromatic rings. The van der Waals surface area contributed by atoms with Crippen molar-refractivity contribution >= 4 is 16.9 Å². The van der Waals surface area contributed by atoms with E-state index in [9.17, 15) is 10.1 Å². The van der Waals surface area contributed by atoms with Crippen LogP contribution >= 0.6 is 0 Å². The van der Waals surface area contributed by atoms with E-state index >= 15 is 0 Å². The number of pyridine rings is 1. The van der Waals surface area contributed by atoms with Gasteiger partial charge in [0.2, 0.25) is 0 Å². The number of hydrogen-bond donors (Lipinski definition) is 0. The summed E-state index contributed by atoms with van der Waals surface area (Å²) < 4.78 is 12.5. The minimum Gasteiger partial charge on any atom is -0.465 e. The minimum atomic E-state index is -0.415. The van der Waals surface area contributed by atoms with Crippen molar-refractivity contribution < 1.29 is 14.3 Å². The molecule has 6 heteroatoms. The van der Waals surface area contributed by atoms with Crippen molar-refractivity contribution in [3.63, 3.8) is 0 Å². The van der Waals surface area contributed by atoms with Gasteiger partial charge in [0.05, 0.1) is 43.2 Å². The number of esters is 1. The van der Waals surface area contributed by atoms with E-state index in [0.717, 1.165) is 22.0 Å². The molecule has 0 radical (unpaired) electrons. The van der Waals surface area contributed by atoms with Crippen LogP contribution in [0.3, 0.4) is 0 Å². The lowest BCUT2D eigenvalue weighted by Crippen LogP contribution is -2.12. The molecule has 0 fully saturated rings. The van der Waals surface area contributed by atoms with Crippen LogP contribution in [-0.2, 0) is 9.47 Å². The number of hydrogen-bond acceptors (Lipinski definition) is 5. The van der Waals surface area contributed by atoms with Crippen LogP contribution < -0.4 is 0 Å². The second-order valence-electron chi connectivity index (χ2n) is 7.04. The van der Waals surface area contributed by atoms with Crippen molar-refractivity contribution in [2.24, 2.45) is 0 Å². The van der Waals surface area contributed by atoms with E-state index < -0.39 is 5.97 Å². The molecule has 0 bridgehead atoms. The lowest BCUT2D eigenvalue weighted by atomic mass is 10.1. The summed E-state index contributed by atoms with van der Waals surface area (Å²) in [5.41, 5.74) is 4.39. The van der Waals surface area contributed by atoms with Gasteiger partial charge in [0.1, 0.15) is 6.07 Å². The second-order valence-corrected chi connectivity index (χ2v) is 7.04. The number of carbonyl (C=O) groups excluding carboxylic acids is 1. The molecule has 3 rings (SSSR count). The molecule has 0 aliphatic rings. The number of fused-ring (bicyclic) bond motifs is 1. The summed E-state index contributed by atoms with van der Waals surface area (Å²) in [5.74, 6) is -0.415. The van der Waals surface area contributed by atoms with Gasteiger partial charge in [-0.25, -0.2) is 4.79 Å². The van der Waals surface area contributed by atoms with Crippen LogP contribution in [-0.4, -0.2) is 35.8 Å². The van der Waals surface area contributed by atoms with E-state index in [4.69, 9.17) is 9.47 Å². The number of methoxy groups -OCH3 is 1. The Balaban J connectivity index is 1.97. The molecule has 0 aliphatic carbocycles. The second kappa shape index (κ2) is 8.72. The van der Waals surface area contributed by atoms with Gasteiger partial charge in [0, 0.05) is 28.9 Å². The highest BCUT2D eigenvalue weighted by Crippen LogP contribution is 2.29. The molecule has 0 saturated carbocycles. The fraction of sp³-hybridized carbons (Fsp3) is 0.261. The van der Waals surface area contributed by atoms with E-state index in [2.05, 4.69) is 17.6 Å². The maximum atomic E-state index is 11.8. The van der Waals surface area contributed by atoms with Crippen LogP contribution in [0.4, 0.5) is 0 Å². The molecule has 1 unspecified atom stereocenters. The average Bonchev–Trinajstić information content (AvgIpc) is 3.11. The standard InChI is InChI=1S/C23H23N3O3/c1-15(2)13-29-14-16(3)26-12-19(11-24)20-9-17(5-6-22(20)26)21-10-18(7-8-25-21)23(27)28-4/h5-10,12,16H,1,13-14H2,2-4H3. The summed E-state index contributed by atoms with van der Waals surface area (Å²) in [5, 5.41) is 10.4. The van der Waals surface area contributed by atoms with Crippen molar-refractivity contribution in [1.82, 2.24) is 9.55 Å². The molecule has 0 N–H and O–H groups in total. The first-order valence-corrected chi connectivity index (χ1v) is 9.26. The molecule has 0 saturated heterocycles. The fourth-order valence-corrected chi connectivity index (χ4v) is 3.19. The monoisotopic (exact) mass is 389 g/mol. The minimum absolute atomic E-state index is 0.0607. The Morgan fingerprint density at radius 3 is 2.83 bits per heavy atom. The predicted octanol–water partition coefficient (Wildman–Crippen LogP) is 4.52. The van der Waals surface area contributed by atoms with Crippen molar-refractivity contribution in [2.75, 3.05) is 20.3 Å². The third-order valence-corrected chi connectivity index (χ3v) is 4.61. The molecular formula is C23H23N3O3. The maximum absolute atomic E-state index is 11.8. The fourth-order valence-electron chi connectivity index (χ4n) is 3.19. The van der Waals surface area contributed by atoms with Crippen LogP contribution in [0.15, 0.2) is 54.9 Å². The quantitative estimate of drug-likeness (QED) is 0.439. The summed E-state index contributed by atoms with van der Waals surface area (Å²) in [4.78, 5) is 16.2. The molecular weight excluding hydrogens is 366 g/mol. The number of nitrogens with zero attached hydrogens (tertiary/aromatic N) is 3. The Bertz CT molecular complexity index is 1110. The average molecular weight is 389 g/mol. The molecule has 29 heavy (non-hydrogen) atoms. The summed E-state index contributed by atoms with van der Waals surface area (Å²) >= 11 is 0. The van der Waals surface area contributed by atoms with Gasteiger partial charge in [-0.15, -0.1) is 0 Å². The number of carbonyl (C=O) groups is 1. The van der Waals surface area contributed by atoms with E-state index in [1.165, 1.54) is 7.11 Å². The van der Waals surface area contributed by atoms with E-state index in [1.54, 1.807) is 18.3 Å². The predicted molar refractivity (Wildman–Crippen MR) is 112 cm³/mol. The largest absolute Gasteiger partial charge is 0.465 e. The Kier molecular flexibility index (Phi) is 6.10. The first-order valence-electron chi connectivity index (χ1n) is 9.26. The number of ether oxygens (including phenoxy) is 2.